The SMILES string of the molecule is Cc1ccc(C(=O)c2ccc(OCCN(C)C)cn2)cc1. The van der Waals surface area contributed by atoms with E-state index in [9.17, 15) is 4.79 Å². The minimum absolute atomic E-state index is 0.0742. The summed E-state index contributed by atoms with van der Waals surface area (Å²) in [5.41, 5.74) is 2.21. The molecule has 1 heterocycles. The summed E-state index contributed by atoms with van der Waals surface area (Å²) >= 11 is 0. The van der Waals surface area contributed by atoms with Crippen LogP contribution in [-0.4, -0.2) is 42.9 Å². The molecule has 0 amide bonds. The smallest absolute Gasteiger partial charge is 0.211 e. The quantitative estimate of drug-likeness (QED) is 0.765. The van der Waals surface area contributed by atoms with Crippen LogP contribution >= 0.6 is 0 Å². The van der Waals surface area contributed by atoms with E-state index in [4.69, 9.17) is 4.74 Å². The van der Waals surface area contributed by atoms with E-state index in [1.54, 1.807) is 18.3 Å². The van der Waals surface area contributed by atoms with Gasteiger partial charge in [0, 0.05) is 12.1 Å². The number of ether oxygens (including phenoxy) is 1. The maximum Gasteiger partial charge on any atom is 0.211 e. The average molecular weight is 284 g/mol. The van der Waals surface area contributed by atoms with Gasteiger partial charge in [0.25, 0.3) is 0 Å². The molecule has 2 aromatic rings. The van der Waals surface area contributed by atoms with Gasteiger partial charge in [-0.15, -0.1) is 0 Å². The van der Waals surface area contributed by atoms with Gasteiger partial charge in [-0.3, -0.25) is 4.79 Å². The molecule has 0 aliphatic rings. The molecule has 21 heavy (non-hydrogen) atoms. The maximum atomic E-state index is 12.3. The van der Waals surface area contributed by atoms with Gasteiger partial charge in [-0.25, -0.2) is 4.98 Å². The van der Waals surface area contributed by atoms with Crippen LogP contribution < -0.4 is 4.74 Å². The number of likely N-dealkylation sites (N-methyl/N-ethyl adjacent to an activating group) is 1. The summed E-state index contributed by atoms with van der Waals surface area (Å²) in [6.45, 7) is 3.43. The zero-order valence-corrected chi connectivity index (χ0v) is 12.7. The van der Waals surface area contributed by atoms with Crippen LogP contribution in [0.3, 0.4) is 0 Å². The Morgan fingerprint density at radius 2 is 1.86 bits per heavy atom. The molecule has 4 heteroatoms. The predicted octanol–water partition coefficient (Wildman–Crippen LogP) is 2.56. The fraction of sp³-hybridized carbons (Fsp3) is 0.294. The van der Waals surface area contributed by atoms with Crippen LogP contribution in [0.25, 0.3) is 0 Å². The number of pyridine rings is 1. The van der Waals surface area contributed by atoms with E-state index in [2.05, 4.69) is 4.98 Å². The molecule has 0 spiro atoms. The fourth-order valence-corrected chi connectivity index (χ4v) is 1.80. The topological polar surface area (TPSA) is 42.4 Å². The molecule has 110 valence electrons. The third-order valence-corrected chi connectivity index (χ3v) is 3.09. The van der Waals surface area contributed by atoms with Crippen molar-refractivity contribution in [3.8, 4) is 5.75 Å². The second-order valence-corrected chi connectivity index (χ2v) is 5.23. The Hall–Kier alpha value is -2.20. The Labute approximate surface area is 125 Å². The Kier molecular flexibility index (Phi) is 5.06. The molecule has 0 fully saturated rings. The number of hydrogen-bond acceptors (Lipinski definition) is 4. The molecule has 1 aromatic heterocycles. The number of hydrogen-bond donors (Lipinski definition) is 0. The van der Waals surface area contributed by atoms with Crippen molar-refractivity contribution < 1.29 is 9.53 Å². The molecule has 0 N–H and O–H groups in total. The van der Waals surface area contributed by atoms with Gasteiger partial charge in [-0.1, -0.05) is 29.8 Å². The molecule has 0 unspecified atom stereocenters. The summed E-state index contributed by atoms with van der Waals surface area (Å²) < 4.78 is 5.56. The third kappa shape index (κ3) is 4.39. The summed E-state index contributed by atoms with van der Waals surface area (Å²) in [6.07, 6.45) is 1.59. The van der Waals surface area contributed by atoms with Gasteiger partial charge in [0.1, 0.15) is 18.1 Å². The minimum atomic E-state index is -0.0742. The van der Waals surface area contributed by atoms with Crippen molar-refractivity contribution in [2.24, 2.45) is 0 Å². The van der Waals surface area contributed by atoms with Crippen molar-refractivity contribution in [3.05, 3.63) is 59.4 Å². The molecule has 1 aromatic carbocycles. The van der Waals surface area contributed by atoms with Crippen molar-refractivity contribution >= 4 is 5.78 Å². The number of aromatic nitrogens is 1. The van der Waals surface area contributed by atoms with Crippen LogP contribution in [0, 0.1) is 6.92 Å². The second kappa shape index (κ2) is 6.99. The molecule has 0 saturated carbocycles. The molecule has 2 rings (SSSR count). The lowest BCUT2D eigenvalue weighted by Gasteiger charge is -2.10. The monoisotopic (exact) mass is 284 g/mol. The Balaban J connectivity index is 2.01. The van der Waals surface area contributed by atoms with Gasteiger partial charge in [-0.2, -0.15) is 0 Å². The fourth-order valence-electron chi connectivity index (χ4n) is 1.80. The Bertz CT molecular complexity index is 589. The summed E-state index contributed by atoms with van der Waals surface area (Å²) in [5.74, 6) is 0.604. The van der Waals surface area contributed by atoms with Gasteiger partial charge in [0.15, 0.2) is 0 Å². The van der Waals surface area contributed by atoms with Crippen LogP contribution in [-0.2, 0) is 0 Å². The summed E-state index contributed by atoms with van der Waals surface area (Å²) in [5, 5.41) is 0. The zero-order valence-electron chi connectivity index (χ0n) is 12.7. The largest absolute Gasteiger partial charge is 0.491 e. The number of nitrogens with zero attached hydrogens (tertiary/aromatic N) is 2. The normalized spacial score (nSPS) is 10.7. The first-order chi connectivity index (χ1) is 10.1. The van der Waals surface area contributed by atoms with E-state index >= 15 is 0 Å². The standard InChI is InChI=1S/C17H20N2O2/c1-13-4-6-14(7-5-13)17(20)16-9-8-15(12-18-16)21-11-10-19(2)3/h4-9,12H,10-11H2,1-3H3. The first-order valence-corrected chi connectivity index (χ1v) is 6.91. The van der Waals surface area contributed by atoms with E-state index < -0.39 is 0 Å². The summed E-state index contributed by atoms with van der Waals surface area (Å²) in [7, 11) is 3.98. The van der Waals surface area contributed by atoms with E-state index in [1.807, 2.05) is 50.2 Å². The lowest BCUT2D eigenvalue weighted by molar-refractivity contribution is 0.103. The van der Waals surface area contributed by atoms with Gasteiger partial charge in [0.05, 0.1) is 6.20 Å². The van der Waals surface area contributed by atoms with Crippen LogP contribution in [0.4, 0.5) is 0 Å². The molecule has 0 aliphatic heterocycles. The van der Waals surface area contributed by atoms with E-state index in [-0.39, 0.29) is 5.78 Å². The molecule has 0 saturated heterocycles. The van der Waals surface area contributed by atoms with Crippen LogP contribution in [0.1, 0.15) is 21.6 Å². The third-order valence-electron chi connectivity index (χ3n) is 3.09. The molecular weight excluding hydrogens is 264 g/mol. The van der Waals surface area contributed by atoms with E-state index in [1.165, 1.54) is 0 Å². The number of carbonyl (C=O) groups is 1. The molecular formula is C17H20N2O2. The molecule has 0 radical (unpaired) electrons. The zero-order chi connectivity index (χ0) is 15.2. The highest BCUT2D eigenvalue weighted by molar-refractivity contribution is 6.07. The predicted molar refractivity (Wildman–Crippen MR) is 82.9 cm³/mol. The first kappa shape index (κ1) is 15.2. The molecule has 0 aliphatic carbocycles. The molecule has 0 bridgehead atoms. The highest BCUT2D eigenvalue weighted by Crippen LogP contribution is 2.13. The van der Waals surface area contributed by atoms with Crippen LogP contribution in [0.5, 0.6) is 5.75 Å². The Morgan fingerprint density at radius 1 is 1.14 bits per heavy atom. The lowest BCUT2D eigenvalue weighted by atomic mass is 10.1. The van der Waals surface area contributed by atoms with E-state index in [0.717, 1.165) is 12.1 Å². The molecule has 4 nitrogen and oxygen atoms in total. The van der Waals surface area contributed by atoms with Crippen molar-refractivity contribution in [3.63, 3.8) is 0 Å². The maximum absolute atomic E-state index is 12.3. The Morgan fingerprint density at radius 3 is 2.43 bits per heavy atom. The second-order valence-electron chi connectivity index (χ2n) is 5.23. The summed E-state index contributed by atoms with van der Waals surface area (Å²) in [6, 6.07) is 11.0. The first-order valence-electron chi connectivity index (χ1n) is 6.91. The van der Waals surface area contributed by atoms with Crippen molar-refractivity contribution in [2.75, 3.05) is 27.2 Å². The highest BCUT2D eigenvalue weighted by atomic mass is 16.5. The van der Waals surface area contributed by atoms with Crippen LogP contribution in [0.2, 0.25) is 0 Å². The van der Waals surface area contributed by atoms with Gasteiger partial charge < -0.3 is 9.64 Å². The van der Waals surface area contributed by atoms with Crippen LogP contribution in [0.15, 0.2) is 42.6 Å². The highest BCUT2D eigenvalue weighted by Gasteiger charge is 2.10. The van der Waals surface area contributed by atoms with Crippen molar-refractivity contribution in [2.45, 2.75) is 6.92 Å². The average Bonchev–Trinajstić information content (AvgIpc) is 2.48. The van der Waals surface area contributed by atoms with Gasteiger partial charge in [-0.05, 0) is 33.2 Å². The number of ketones is 1. The number of rotatable bonds is 6. The molecule has 0 atom stereocenters. The van der Waals surface area contributed by atoms with E-state index in [0.29, 0.717) is 23.6 Å². The number of benzene rings is 1. The number of carbonyl (C=O) groups excluding carboxylic acids is 1. The van der Waals surface area contributed by atoms with Gasteiger partial charge >= 0.3 is 0 Å². The van der Waals surface area contributed by atoms with Crippen molar-refractivity contribution in [1.29, 1.82) is 0 Å². The van der Waals surface area contributed by atoms with Crippen molar-refractivity contribution in [1.82, 2.24) is 9.88 Å². The summed E-state index contributed by atoms with van der Waals surface area (Å²) in [4.78, 5) is 18.5. The van der Waals surface area contributed by atoms with Gasteiger partial charge in [0.2, 0.25) is 5.78 Å². The minimum Gasteiger partial charge on any atom is -0.491 e. The lowest BCUT2D eigenvalue weighted by Crippen LogP contribution is -2.19. The number of aryl methyl sites for hydroxylation is 1.